The molecule has 2 aliphatic carbocycles. The summed E-state index contributed by atoms with van der Waals surface area (Å²) in [7, 11) is 0. The fourth-order valence-corrected chi connectivity index (χ4v) is 2.83. The number of hydrogen-bond donors (Lipinski definition) is 0. The van der Waals surface area contributed by atoms with Crippen molar-refractivity contribution >= 4 is 5.78 Å². The molecule has 94 valence electrons. The van der Waals surface area contributed by atoms with Crippen molar-refractivity contribution in [3.63, 3.8) is 0 Å². The van der Waals surface area contributed by atoms with Crippen LogP contribution in [0.4, 0.5) is 0 Å². The molecule has 0 aromatic rings. The smallest absolute Gasteiger partial charge is 0.162 e. The van der Waals surface area contributed by atoms with Crippen molar-refractivity contribution in [3.8, 4) is 0 Å². The predicted molar refractivity (Wildman–Crippen MR) is 72.0 cm³/mol. The summed E-state index contributed by atoms with van der Waals surface area (Å²) in [6.45, 7) is 0. The van der Waals surface area contributed by atoms with E-state index < -0.39 is 0 Å². The second kappa shape index (κ2) is 6.78. The molecule has 0 fully saturated rings. The van der Waals surface area contributed by atoms with Crippen molar-refractivity contribution in [1.29, 1.82) is 0 Å². The van der Waals surface area contributed by atoms with Crippen molar-refractivity contribution in [2.75, 3.05) is 0 Å². The summed E-state index contributed by atoms with van der Waals surface area (Å²) < 4.78 is 0. The monoisotopic (exact) mass is 232 g/mol. The Bertz CT molecular complexity index is 322. The van der Waals surface area contributed by atoms with Crippen molar-refractivity contribution < 1.29 is 4.79 Å². The fourth-order valence-electron chi connectivity index (χ4n) is 2.83. The molecular weight excluding hydrogens is 208 g/mol. The van der Waals surface area contributed by atoms with Gasteiger partial charge in [0.25, 0.3) is 0 Å². The van der Waals surface area contributed by atoms with Crippen LogP contribution in [0.3, 0.4) is 0 Å². The van der Waals surface area contributed by atoms with Gasteiger partial charge in [-0.3, -0.25) is 4.79 Å². The molecule has 0 unspecified atom stereocenters. The first-order chi connectivity index (χ1) is 8.36. The zero-order chi connectivity index (χ0) is 11.9. The summed E-state index contributed by atoms with van der Waals surface area (Å²) in [4.78, 5) is 12.2. The lowest BCUT2D eigenvalue weighted by Gasteiger charge is -2.14. The molecule has 0 spiro atoms. The average Bonchev–Trinajstić information content (AvgIpc) is 2.29. The van der Waals surface area contributed by atoms with Crippen LogP contribution in [0, 0.1) is 0 Å². The molecule has 0 aliphatic heterocycles. The second-order valence-corrected chi connectivity index (χ2v) is 5.39. The first kappa shape index (κ1) is 12.6. The van der Waals surface area contributed by atoms with Gasteiger partial charge in [0, 0.05) is 6.42 Å². The topological polar surface area (TPSA) is 17.1 Å². The minimum absolute atomic E-state index is 0.403. The van der Waals surface area contributed by atoms with Gasteiger partial charge in [0.15, 0.2) is 5.78 Å². The van der Waals surface area contributed by atoms with Crippen LogP contribution in [0.5, 0.6) is 0 Å². The lowest BCUT2D eigenvalue weighted by atomic mass is 9.90. The molecule has 0 radical (unpaired) electrons. The first-order valence-corrected chi connectivity index (χ1v) is 7.26. The molecule has 1 nitrogen and oxygen atoms in total. The molecule has 0 saturated heterocycles. The number of carbonyl (C=O) groups excluding carboxylic acids is 1. The van der Waals surface area contributed by atoms with Crippen molar-refractivity contribution in [2.45, 2.75) is 70.6 Å². The molecule has 2 rings (SSSR count). The van der Waals surface area contributed by atoms with E-state index in [1.54, 1.807) is 0 Å². The van der Waals surface area contributed by atoms with Gasteiger partial charge in [-0.1, -0.05) is 30.6 Å². The van der Waals surface area contributed by atoms with Crippen molar-refractivity contribution in [1.82, 2.24) is 0 Å². The van der Waals surface area contributed by atoms with E-state index in [1.807, 2.05) is 0 Å². The molecule has 1 heteroatoms. The van der Waals surface area contributed by atoms with Gasteiger partial charge >= 0.3 is 0 Å². The summed E-state index contributed by atoms with van der Waals surface area (Å²) in [6, 6.07) is 0. The molecule has 0 N–H and O–H groups in total. The maximum Gasteiger partial charge on any atom is 0.162 e. The number of allylic oxidation sites excluding steroid dienone is 4. The first-order valence-electron chi connectivity index (χ1n) is 7.26. The highest BCUT2D eigenvalue weighted by Gasteiger charge is 2.14. The minimum Gasteiger partial charge on any atom is -0.294 e. The number of Topliss-reactive ketones (excluding diaryl/α,β-unsaturated/α-hetero) is 1. The highest BCUT2D eigenvalue weighted by Crippen LogP contribution is 2.24. The van der Waals surface area contributed by atoms with E-state index in [0.717, 1.165) is 24.8 Å². The Labute approximate surface area is 105 Å². The maximum atomic E-state index is 12.2. The summed E-state index contributed by atoms with van der Waals surface area (Å²) in [6.07, 6.45) is 17.4. The lowest BCUT2D eigenvalue weighted by Crippen LogP contribution is -2.07. The van der Waals surface area contributed by atoms with E-state index in [4.69, 9.17) is 0 Å². The highest BCUT2D eigenvalue weighted by molar-refractivity contribution is 5.96. The van der Waals surface area contributed by atoms with Crippen LogP contribution in [-0.4, -0.2) is 5.78 Å². The normalized spacial score (nSPS) is 22.1. The lowest BCUT2D eigenvalue weighted by molar-refractivity contribution is -0.115. The Morgan fingerprint density at radius 2 is 1.59 bits per heavy atom. The molecule has 0 amide bonds. The SMILES string of the molecule is O=C(CC1=CCCCC1)C1=CCCCCCC1. The largest absolute Gasteiger partial charge is 0.294 e. The van der Waals surface area contributed by atoms with Crippen LogP contribution in [-0.2, 0) is 4.79 Å². The van der Waals surface area contributed by atoms with E-state index in [1.165, 1.54) is 50.5 Å². The van der Waals surface area contributed by atoms with E-state index >= 15 is 0 Å². The quantitative estimate of drug-likeness (QED) is 0.643. The van der Waals surface area contributed by atoms with E-state index in [0.29, 0.717) is 12.2 Å². The molecule has 0 saturated carbocycles. The standard InChI is InChI=1S/C16H24O/c17-16(13-14-9-5-4-6-10-14)15-11-7-2-1-3-8-12-15/h9,11H,1-8,10,12-13H2. The third kappa shape index (κ3) is 4.14. The predicted octanol–water partition coefficient (Wildman–Crippen LogP) is 4.73. The number of hydrogen-bond acceptors (Lipinski definition) is 1. The number of ketones is 1. The molecule has 2 aliphatic rings. The molecule has 0 heterocycles. The van der Waals surface area contributed by atoms with E-state index in [-0.39, 0.29) is 0 Å². The molecule has 0 aromatic carbocycles. The molecule has 0 bridgehead atoms. The third-order valence-electron chi connectivity index (χ3n) is 3.92. The van der Waals surface area contributed by atoms with Gasteiger partial charge in [-0.25, -0.2) is 0 Å². The van der Waals surface area contributed by atoms with Crippen LogP contribution < -0.4 is 0 Å². The average molecular weight is 232 g/mol. The Kier molecular flexibility index (Phi) is 5.03. The second-order valence-electron chi connectivity index (χ2n) is 5.39. The van der Waals surface area contributed by atoms with Gasteiger partial charge in [-0.05, 0) is 56.9 Å². The Morgan fingerprint density at radius 3 is 2.41 bits per heavy atom. The van der Waals surface area contributed by atoms with E-state index in [2.05, 4.69) is 12.2 Å². The van der Waals surface area contributed by atoms with E-state index in [9.17, 15) is 4.79 Å². The molecule has 17 heavy (non-hydrogen) atoms. The number of rotatable bonds is 3. The Balaban J connectivity index is 1.91. The maximum absolute atomic E-state index is 12.2. The van der Waals surface area contributed by atoms with Gasteiger partial charge in [0.2, 0.25) is 0 Å². The van der Waals surface area contributed by atoms with Crippen LogP contribution in [0.15, 0.2) is 23.3 Å². The molecule has 0 atom stereocenters. The van der Waals surface area contributed by atoms with Crippen LogP contribution in [0.25, 0.3) is 0 Å². The van der Waals surface area contributed by atoms with Gasteiger partial charge in [0.05, 0.1) is 0 Å². The molecular formula is C16H24O. The summed E-state index contributed by atoms with van der Waals surface area (Å²) in [5.74, 6) is 0.403. The van der Waals surface area contributed by atoms with Gasteiger partial charge < -0.3 is 0 Å². The minimum atomic E-state index is 0.403. The van der Waals surface area contributed by atoms with Crippen molar-refractivity contribution in [3.05, 3.63) is 23.3 Å². The highest BCUT2D eigenvalue weighted by atomic mass is 16.1. The fraction of sp³-hybridized carbons (Fsp3) is 0.688. The summed E-state index contributed by atoms with van der Waals surface area (Å²) >= 11 is 0. The van der Waals surface area contributed by atoms with Crippen LogP contribution in [0.2, 0.25) is 0 Å². The Hall–Kier alpha value is -0.850. The summed E-state index contributed by atoms with van der Waals surface area (Å²) in [5.41, 5.74) is 2.51. The van der Waals surface area contributed by atoms with Gasteiger partial charge in [0.1, 0.15) is 0 Å². The van der Waals surface area contributed by atoms with Crippen LogP contribution >= 0.6 is 0 Å². The zero-order valence-electron chi connectivity index (χ0n) is 10.8. The zero-order valence-corrected chi connectivity index (χ0v) is 10.8. The Morgan fingerprint density at radius 1 is 0.882 bits per heavy atom. The number of carbonyl (C=O) groups is 1. The van der Waals surface area contributed by atoms with Gasteiger partial charge in [-0.2, -0.15) is 0 Å². The van der Waals surface area contributed by atoms with Gasteiger partial charge in [-0.15, -0.1) is 0 Å². The molecule has 0 aromatic heterocycles. The van der Waals surface area contributed by atoms with Crippen LogP contribution in [0.1, 0.15) is 70.6 Å². The summed E-state index contributed by atoms with van der Waals surface area (Å²) in [5, 5.41) is 0. The van der Waals surface area contributed by atoms with Crippen molar-refractivity contribution in [2.24, 2.45) is 0 Å². The third-order valence-corrected chi connectivity index (χ3v) is 3.92.